The fraction of sp³-hybridized carbons (Fsp3) is 0.429. The van der Waals surface area contributed by atoms with Crippen molar-refractivity contribution >= 4 is 26.0 Å². The molecule has 0 spiro atoms. The van der Waals surface area contributed by atoms with E-state index in [2.05, 4.69) is 15.9 Å². The zero-order chi connectivity index (χ0) is 9.03. The fourth-order valence-electron chi connectivity index (χ4n) is 0.891. The van der Waals surface area contributed by atoms with Crippen molar-refractivity contribution in [1.82, 2.24) is 4.31 Å². The number of hydrogen-bond donors (Lipinski definition) is 0. The van der Waals surface area contributed by atoms with Crippen molar-refractivity contribution in [2.45, 2.75) is 6.42 Å². The molecular formula is C7H10BrNO2S. The lowest BCUT2D eigenvalue weighted by Gasteiger charge is -2.16. The lowest BCUT2D eigenvalue weighted by molar-refractivity contribution is 0.509. The van der Waals surface area contributed by atoms with Gasteiger partial charge in [-0.3, -0.25) is 4.31 Å². The first-order valence-electron chi connectivity index (χ1n) is 3.55. The molecule has 1 heterocycles. The summed E-state index contributed by atoms with van der Waals surface area (Å²) in [5.41, 5.74) is 0. The second kappa shape index (κ2) is 4.09. The topological polar surface area (TPSA) is 37.4 Å². The molecule has 0 saturated carbocycles. The minimum absolute atomic E-state index is 0.0235. The van der Waals surface area contributed by atoms with Gasteiger partial charge in [-0.05, 0) is 12.5 Å². The molecule has 1 rings (SSSR count). The van der Waals surface area contributed by atoms with Gasteiger partial charge in [0.15, 0.2) is 0 Å². The summed E-state index contributed by atoms with van der Waals surface area (Å²) in [6.45, 7) is 0.529. The maximum absolute atomic E-state index is 11.3. The van der Waals surface area contributed by atoms with Crippen LogP contribution < -0.4 is 0 Å². The molecular weight excluding hydrogens is 242 g/mol. The van der Waals surface area contributed by atoms with Gasteiger partial charge in [0, 0.05) is 12.7 Å². The van der Waals surface area contributed by atoms with E-state index in [1.165, 1.54) is 4.31 Å². The van der Waals surface area contributed by atoms with E-state index >= 15 is 0 Å². The summed E-state index contributed by atoms with van der Waals surface area (Å²) >= 11 is 2.95. The van der Waals surface area contributed by atoms with E-state index in [0.29, 0.717) is 6.54 Å². The number of halogens is 1. The molecule has 0 amide bonds. The summed E-state index contributed by atoms with van der Waals surface area (Å²) in [5, 5.41) is 0. The highest BCUT2D eigenvalue weighted by molar-refractivity contribution is 9.10. The van der Waals surface area contributed by atoms with Gasteiger partial charge in [0.25, 0.3) is 0 Å². The van der Waals surface area contributed by atoms with Gasteiger partial charge in [-0.2, -0.15) is 0 Å². The lowest BCUT2D eigenvalue weighted by atomic mass is 10.4. The minimum atomic E-state index is -3.12. The van der Waals surface area contributed by atoms with E-state index < -0.39 is 10.0 Å². The van der Waals surface area contributed by atoms with Gasteiger partial charge in [0.2, 0.25) is 10.0 Å². The van der Waals surface area contributed by atoms with Gasteiger partial charge >= 0.3 is 0 Å². The van der Waals surface area contributed by atoms with Crippen molar-refractivity contribution in [3.05, 3.63) is 24.4 Å². The summed E-state index contributed by atoms with van der Waals surface area (Å²) in [6.07, 6.45) is 7.87. The third-order valence-electron chi connectivity index (χ3n) is 1.51. The van der Waals surface area contributed by atoms with Crippen LogP contribution in [-0.2, 0) is 10.0 Å². The van der Waals surface area contributed by atoms with E-state index in [0.717, 1.165) is 6.42 Å². The Labute approximate surface area is 80.9 Å². The van der Waals surface area contributed by atoms with Crippen LogP contribution in [0, 0.1) is 0 Å². The normalized spacial score (nSPS) is 17.9. The first-order chi connectivity index (χ1) is 5.67. The summed E-state index contributed by atoms with van der Waals surface area (Å²) in [4.78, 5) is 0. The minimum Gasteiger partial charge on any atom is -0.276 e. The zero-order valence-electron chi connectivity index (χ0n) is 6.48. The number of sulfonamides is 1. The Morgan fingerprint density at radius 1 is 1.42 bits per heavy atom. The van der Waals surface area contributed by atoms with E-state index in [9.17, 15) is 8.42 Å². The monoisotopic (exact) mass is 251 g/mol. The van der Waals surface area contributed by atoms with Crippen LogP contribution in [0.3, 0.4) is 0 Å². The summed E-state index contributed by atoms with van der Waals surface area (Å²) in [5.74, 6) is 0. The maximum atomic E-state index is 11.3. The Morgan fingerprint density at radius 3 is 2.83 bits per heavy atom. The second-order valence-corrected chi connectivity index (χ2v) is 5.61. The van der Waals surface area contributed by atoms with Gasteiger partial charge < -0.3 is 0 Å². The molecule has 0 atom stereocenters. The van der Waals surface area contributed by atoms with Crippen molar-refractivity contribution in [3.63, 3.8) is 0 Å². The highest BCUT2D eigenvalue weighted by atomic mass is 79.9. The number of rotatable bonds is 2. The molecule has 0 aromatic rings. The van der Waals surface area contributed by atoms with Crippen LogP contribution in [0.25, 0.3) is 0 Å². The maximum Gasteiger partial charge on any atom is 0.244 e. The molecule has 1 aliphatic rings. The van der Waals surface area contributed by atoms with Crippen LogP contribution in [0.15, 0.2) is 24.4 Å². The molecule has 1 aliphatic heterocycles. The van der Waals surface area contributed by atoms with Crippen LogP contribution in [0.5, 0.6) is 0 Å². The molecule has 0 N–H and O–H groups in total. The van der Waals surface area contributed by atoms with E-state index in [1.54, 1.807) is 12.3 Å². The highest BCUT2D eigenvalue weighted by Crippen LogP contribution is 2.09. The van der Waals surface area contributed by atoms with Crippen molar-refractivity contribution in [1.29, 1.82) is 0 Å². The van der Waals surface area contributed by atoms with Crippen molar-refractivity contribution in [3.8, 4) is 0 Å². The molecule has 0 radical (unpaired) electrons. The lowest BCUT2D eigenvalue weighted by Crippen LogP contribution is -2.26. The number of alkyl halides is 1. The first kappa shape index (κ1) is 9.80. The smallest absolute Gasteiger partial charge is 0.244 e. The van der Waals surface area contributed by atoms with E-state index in [1.807, 2.05) is 12.2 Å². The summed E-state index contributed by atoms with van der Waals surface area (Å²) in [6, 6.07) is 0. The van der Waals surface area contributed by atoms with Crippen molar-refractivity contribution in [2.75, 3.05) is 11.2 Å². The predicted molar refractivity (Wildman–Crippen MR) is 52.3 cm³/mol. The number of hydrogen-bond acceptors (Lipinski definition) is 2. The molecule has 68 valence electrons. The Morgan fingerprint density at radius 2 is 2.17 bits per heavy atom. The van der Waals surface area contributed by atoms with Crippen LogP contribution in [0.1, 0.15) is 6.42 Å². The molecule has 0 fully saturated rings. The molecule has 5 heteroatoms. The molecule has 0 saturated heterocycles. The third kappa shape index (κ3) is 2.35. The van der Waals surface area contributed by atoms with Crippen LogP contribution in [0.4, 0.5) is 0 Å². The largest absolute Gasteiger partial charge is 0.276 e. The van der Waals surface area contributed by atoms with Gasteiger partial charge in [-0.15, -0.1) is 0 Å². The second-order valence-electron chi connectivity index (χ2n) is 2.39. The van der Waals surface area contributed by atoms with Crippen molar-refractivity contribution < 1.29 is 8.42 Å². The quantitative estimate of drug-likeness (QED) is 0.697. The van der Waals surface area contributed by atoms with Crippen molar-refractivity contribution in [2.24, 2.45) is 0 Å². The third-order valence-corrected chi connectivity index (χ3v) is 4.54. The fourth-order valence-corrected chi connectivity index (χ4v) is 2.44. The average molecular weight is 252 g/mol. The van der Waals surface area contributed by atoms with Crippen LogP contribution >= 0.6 is 15.9 Å². The first-order valence-corrected chi connectivity index (χ1v) is 6.29. The summed E-state index contributed by atoms with van der Waals surface area (Å²) < 4.78 is 23.9. The Kier molecular flexibility index (Phi) is 3.34. The van der Waals surface area contributed by atoms with Gasteiger partial charge in [-0.1, -0.05) is 28.1 Å². The van der Waals surface area contributed by atoms with E-state index in [-0.39, 0.29) is 4.66 Å². The van der Waals surface area contributed by atoms with Gasteiger partial charge in [0.1, 0.15) is 4.66 Å². The Bertz CT molecular complexity index is 295. The van der Waals surface area contributed by atoms with Crippen LogP contribution in [-0.4, -0.2) is 23.9 Å². The molecule has 0 aromatic heterocycles. The van der Waals surface area contributed by atoms with Gasteiger partial charge in [-0.25, -0.2) is 8.42 Å². The number of allylic oxidation sites excluding steroid dienone is 2. The summed E-state index contributed by atoms with van der Waals surface area (Å²) in [7, 11) is -3.12. The Hall–Kier alpha value is -0.290. The highest BCUT2D eigenvalue weighted by Gasteiger charge is 2.15. The average Bonchev–Trinajstić information content (AvgIpc) is 2.32. The standard InChI is InChI=1S/C7H10BrNO2S/c8-7-12(10,11)9-5-3-1-2-4-6-9/h1-3,5H,4,6-7H2. The predicted octanol–water partition coefficient (Wildman–Crippen LogP) is 1.44. The molecule has 0 bridgehead atoms. The molecule has 3 nitrogen and oxygen atoms in total. The van der Waals surface area contributed by atoms with Crippen LogP contribution in [0.2, 0.25) is 0 Å². The molecule has 0 aliphatic carbocycles. The van der Waals surface area contributed by atoms with E-state index in [4.69, 9.17) is 0 Å². The SMILES string of the molecule is O=S(=O)(CBr)N1C=CC=CCC1. The zero-order valence-corrected chi connectivity index (χ0v) is 8.88. The molecule has 12 heavy (non-hydrogen) atoms. The van der Waals surface area contributed by atoms with Gasteiger partial charge in [0.05, 0.1) is 0 Å². The Balaban J connectivity index is 2.77. The molecule has 0 unspecified atom stereocenters. The molecule has 0 aromatic carbocycles. The number of nitrogens with zero attached hydrogens (tertiary/aromatic N) is 1.